The molecule has 4 heteroatoms. The molecule has 2 aliphatic rings. The molecule has 0 amide bonds. The van der Waals surface area contributed by atoms with Crippen molar-refractivity contribution in [3.05, 3.63) is 11.1 Å². The first-order valence-electron chi connectivity index (χ1n) is 5.32. The lowest BCUT2D eigenvalue weighted by atomic mass is 10.3. The van der Waals surface area contributed by atoms with Crippen molar-refractivity contribution in [2.24, 2.45) is 0 Å². The first-order chi connectivity index (χ1) is 6.90. The molecule has 0 saturated carbocycles. The Morgan fingerprint density at radius 1 is 1.57 bits per heavy atom. The van der Waals surface area contributed by atoms with Crippen LogP contribution >= 0.6 is 23.5 Å². The molecule has 1 fully saturated rings. The number of piperazine rings is 1. The quantitative estimate of drug-likeness (QED) is 0.797. The molecule has 0 aromatic heterocycles. The highest BCUT2D eigenvalue weighted by atomic mass is 32.2. The lowest BCUT2D eigenvalue weighted by Crippen LogP contribution is -2.42. The van der Waals surface area contributed by atoms with Gasteiger partial charge in [0.25, 0.3) is 0 Å². The Morgan fingerprint density at radius 3 is 3.07 bits per heavy atom. The van der Waals surface area contributed by atoms with Crippen molar-refractivity contribution in [3.8, 4) is 0 Å². The van der Waals surface area contributed by atoms with E-state index in [4.69, 9.17) is 0 Å². The van der Waals surface area contributed by atoms with Gasteiger partial charge in [0.1, 0.15) is 0 Å². The fraction of sp³-hybridized carbons (Fsp3) is 0.800. The molecule has 1 N–H and O–H groups in total. The minimum atomic E-state index is 0.782. The van der Waals surface area contributed by atoms with E-state index in [-0.39, 0.29) is 0 Å². The SMILES string of the molecule is CCSC1CC(N2CCNCC2)=CS1. The second-order valence-corrected chi connectivity index (χ2v) is 6.43. The van der Waals surface area contributed by atoms with Gasteiger partial charge < -0.3 is 10.2 Å². The van der Waals surface area contributed by atoms with Gasteiger partial charge in [-0.25, -0.2) is 0 Å². The van der Waals surface area contributed by atoms with E-state index in [0.29, 0.717) is 0 Å². The zero-order chi connectivity index (χ0) is 9.80. The Kier molecular flexibility index (Phi) is 4.08. The summed E-state index contributed by atoms with van der Waals surface area (Å²) >= 11 is 4.08. The Morgan fingerprint density at radius 2 is 2.36 bits per heavy atom. The highest BCUT2D eigenvalue weighted by Crippen LogP contribution is 2.38. The number of nitrogens with zero attached hydrogens (tertiary/aromatic N) is 1. The van der Waals surface area contributed by atoms with Crippen LogP contribution in [-0.2, 0) is 0 Å². The van der Waals surface area contributed by atoms with Gasteiger partial charge in [-0.3, -0.25) is 0 Å². The van der Waals surface area contributed by atoms with Gasteiger partial charge in [0.2, 0.25) is 0 Å². The van der Waals surface area contributed by atoms with Crippen LogP contribution in [0.15, 0.2) is 11.1 Å². The van der Waals surface area contributed by atoms with Crippen LogP contribution < -0.4 is 5.32 Å². The molecular formula is C10H18N2S2. The van der Waals surface area contributed by atoms with Crippen molar-refractivity contribution >= 4 is 23.5 Å². The number of rotatable bonds is 3. The Hall–Kier alpha value is 0.200. The molecule has 0 aromatic carbocycles. The van der Waals surface area contributed by atoms with E-state index in [2.05, 4.69) is 34.3 Å². The van der Waals surface area contributed by atoms with E-state index in [1.807, 2.05) is 11.8 Å². The van der Waals surface area contributed by atoms with Crippen molar-refractivity contribution in [2.45, 2.75) is 17.9 Å². The van der Waals surface area contributed by atoms with E-state index in [0.717, 1.165) is 17.7 Å². The van der Waals surface area contributed by atoms with E-state index < -0.39 is 0 Å². The van der Waals surface area contributed by atoms with Crippen molar-refractivity contribution in [2.75, 3.05) is 31.9 Å². The van der Waals surface area contributed by atoms with Crippen molar-refractivity contribution in [1.82, 2.24) is 10.2 Å². The summed E-state index contributed by atoms with van der Waals surface area (Å²) in [6.45, 7) is 6.92. The Balaban J connectivity index is 1.81. The summed E-state index contributed by atoms with van der Waals surface area (Å²) < 4.78 is 0.782. The molecule has 0 radical (unpaired) electrons. The van der Waals surface area contributed by atoms with Crippen LogP contribution in [0.5, 0.6) is 0 Å². The summed E-state index contributed by atoms with van der Waals surface area (Å²) in [4.78, 5) is 2.54. The lowest BCUT2D eigenvalue weighted by Gasteiger charge is -2.30. The molecule has 2 nitrogen and oxygen atoms in total. The molecule has 0 aliphatic carbocycles. The first-order valence-corrected chi connectivity index (χ1v) is 7.31. The molecule has 1 unspecified atom stereocenters. The third-order valence-corrected chi connectivity index (χ3v) is 5.10. The van der Waals surface area contributed by atoms with Gasteiger partial charge in [-0.05, 0) is 11.2 Å². The van der Waals surface area contributed by atoms with Gasteiger partial charge in [-0.2, -0.15) is 0 Å². The van der Waals surface area contributed by atoms with Crippen LogP contribution in [0, 0.1) is 0 Å². The molecule has 2 heterocycles. The number of thioether (sulfide) groups is 2. The maximum absolute atomic E-state index is 3.39. The lowest BCUT2D eigenvalue weighted by molar-refractivity contribution is 0.294. The van der Waals surface area contributed by atoms with Gasteiger partial charge in [-0.15, -0.1) is 23.5 Å². The molecule has 2 rings (SSSR count). The molecule has 2 aliphatic heterocycles. The van der Waals surface area contributed by atoms with E-state index in [1.54, 1.807) is 5.70 Å². The van der Waals surface area contributed by atoms with Crippen LogP contribution in [0.4, 0.5) is 0 Å². The number of nitrogens with one attached hydrogen (secondary N) is 1. The maximum Gasteiger partial charge on any atom is 0.0598 e. The topological polar surface area (TPSA) is 15.3 Å². The van der Waals surface area contributed by atoms with Crippen LogP contribution in [-0.4, -0.2) is 41.4 Å². The second-order valence-electron chi connectivity index (χ2n) is 3.57. The van der Waals surface area contributed by atoms with E-state index in [9.17, 15) is 0 Å². The van der Waals surface area contributed by atoms with Crippen LogP contribution in [0.2, 0.25) is 0 Å². The highest BCUT2D eigenvalue weighted by molar-refractivity contribution is 8.18. The van der Waals surface area contributed by atoms with Crippen molar-refractivity contribution in [3.63, 3.8) is 0 Å². The second kappa shape index (κ2) is 5.33. The van der Waals surface area contributed by atoms with Gasteiger partial charge in [0, 0.05) is 38.3 Å². The summed E-state index contributed by atoms with van der Waals surface area (Å²) in [7, 11) is 0. The summed E-state index contributed by atoms with van der Waals surface area (Å²) in [6.07, 6.45) is 1.27. The normalized spacial score (nSPS) is 27.9. The molecule has 14 heavy (non-hydrogen) atoms. The zero-order valence-electron chi connectivity index (χ0n) is 8.66. The van der Waals surface area contributed by atoms with Crippen LogP contribution in [0.1, 0.15) is 13.3 Å². The van der Waals surface area contributed by atoms with Crippen molar-refractivity contribution < 1.29 is 0 Å². The van der Waals surface area contributed by atoms with E-state index >= 15 is 0 Å². The predicted molar refractivity (Wildman–Crippen MR) is 66.7 cm³/mol. The molecule has 1 atom stereocenters. The fourth-order valence-electron chi connectivity index (χ4n) is 1.86. The first kappa shape index (κ1) is 10.7. The number of allylic oxidation sites excluding steroid dienone is 1. The average Bonchev–Trinajstić information content (AvgIpc) is 2.68. The van der Waals surface area contributed by atoms with Gasteiger partial charge in [-0.1, -0.05) is 6.92 Å². The smallest absolute Gasteiger partial charge is 0.0598 e. The Labute approximate surface area is 94.9 Å². The summed E-state index contributed by atoms with van der Waals surface area (Å²) in [5, 5.41) is 5.77. The predicted octanol–water partition coefficient (Wildman–Crippen LogP) is 1.95. The molecule has 0 bridgehead atoms. The van der Waals surface area contributed by atoms with Gasteiger partial charge in [0.05, 0.1) is 4.58 Å². The number of hydrogen-bond acceptors (Lipinski definition) is 4. The molecular weight excluding hydrogens is 212 g/mol. The third kappa shape index (κ3) is 2.61. The molecule has 80 valence electrons. The summed E-state index contributed by atoms with van der Waals surface area (Å²) in [5.41, 5.74) is 1.57. The molecule has 0 spiro atoms. The highest BCUT2D eigenvalue weighted by Gasteiger charge is 2.22. The van der Waals surface area contributed by atoms with Crippen LogP contribution in [0.3, 0.4) is 0 Å². The fourth-order valence-corrected chi connectivity index (χ4v) is 4.23. The summed E-state index contributed by atoms with van der Waals surface area (Å²) in [6, 6.07) is 0. The monoisotopic (exact) mass is 230 g/mol. The largest absolute Gasteiger partial charge is 0.372 e. The molecule has 0 aromatic rings. The maximum atomic E-state index is 3.39. The van der Waals surface area contributed by atoms with Crippen LogP contribution in [0.25, 0.3) is 0 Å². The summed E-state index contributed by atoms with van der Waals surface area (Å²) in [5.74, 6) is 1.24. The van der Waals surface area contributed by atoms with Gasteiger partial charge in [0.15, 0.2) is 0 Å². The number of hydrogen-bond donors (Lipinski definition) is 1. The molecule has 1 saturated heterocycles. The zero-order valence-corrected chi connectivity index (χ0v) is 10.3. The minimum Gasteiger partial charge on any atom is -0.372 e. The van der Waals surface area contributed by atoms with Crippen molar-refractivity contribution in [1.29, 1.82) is 0 Å². The minimum absolute atomic E-state index is 0.782. The average molecular weight is 230 g/mol. The van der Waals surface area contributed by atoms with Gasteiger partial charge >= 0.3 is 0 Å². The third-order valence-electron chi connectivity index (χ3n) is 2.61. The Bertz CT molecular complexity index is 212. The van der Waals surface area contributed by atoms with E-state index in [1.165, 1.54) is 25.3 Å². The standard InChI is InChI=1S/C10H18N2S2/c1-2-13-10-7-9(8-14-10)12-5-3-11-4-6-12/h8,10-11H,2-7H2,1H3.